The maximum Gasteiger partial charge on any atom is 0.115 e. The molecule has 0 aliphatic heterocycles. The molecule has 1 nitrogen and oxygen atoms in total. The van der Waals surface area contributed by atoms with E-state index < -0.39 is 0 Å². The van der Waals surface area contributed by atoms with Crippen LogP contribution in [0.15, 0.2) is 24.3 Å². The summed E-state index contributed by atoms with van der Waals surface area (Å²) in [6.07, 6.45) is 0.934. The van der Waals surface area contributed by atoms with Gasteiger partial charge in [0.1, 0.15) is 6.29 Å². The van der Waals surface area contributed by atoms with Gasteiger partial charge < -0.3 is 12.2 Å². The van der Waals surface area contributed by atoms with Crippen molar-refractivity contribution < 1.29 is 37.5 Å². The summed E-state index contributed by atoms with van der Waals surface area (Å²) in [4.78, 5) is 10.3. The van der Waals surface area contributed by atoms with Crippen molar-refractivity contribution in [2.45, 2.75) is 26.7 Å². The van der Waals surface area contributed by atoms with Crippen LogP contribution >= 0.6 is 0 Å². The molecular weight excluding hydrogens is 249 g/mol. The van der Waals surface area contributed by atoms with E-state index in [9.17, 15) is 4.79 Å². The van der Waals surface area contributed by atoms with Gasteiger partial charge in [-0.25, -0.2) is 0 Å². The fourth-order valence-electron chi connectivity index (χ4n) is 0.769. The standard InChI is InChI=1S/C9H9O.C2H6.CH3.Y/c1-8(7-10)9-5-3-2-4-6-9;1-2;;/h2-3,5-8H,1H3;1-2H3;1H3;/q-1;;-1;. The van der Waals surface area contributed by atoms with Crippen molar-refractivity contribution in [1.82, 2.24) is 0 Å². The Labute approximate surface area is 113 Å². The van der Waals surface area contributed by atoms with Crippen molar-refractivity contribution in [3.05, 3.63) is 43.3 Å². The number of rotatable bonds is 2. The third-order valence-electron chi connectivity index (χ3n) is 1.46. The van der Waals surface area contributed by atoms with Gasteiger partial charge in [0, 0.05) is 32.7 Å². The second-order valence-electron chi connectivity index (χ2n) is 2.26. The Morgan fingerprint density at radius 1 is 1.43 bits per heavy atom. The van der Waals surface area contributed by atoms with Crippen molar-refractivity contribution in [3.8, 4) is 0 Å². The molecule has 0 heterocycles. The Hall–Kier alpha value is -0.00610. The van der Waals surface area contributed by atoms with Crippen molar-refractivity contribution in [3.63, 3.8) is 0 Å². The summed E-state index contributed by atoms with van der Waals surface area (Å²) in [6, 6.07) is 10.4. The van der Waals surface area contributed by atoms with Gasteiger partial charge >= 0.3 is 0 Å². The van der Waals surface area contributed by atoms with Crippen molar-refractivity contribution in [2.75, 3.05) is 0 Å². The van der Waals surface area contributed by atoms with Crippen LogP contribution in [0.3, 0.4) is 0 Å². The van der Waals surface area contributed by atoms with Crippen molar-refractivity contribution in [1.29, 1.82) is 0 Å². The van der Waals surface area contributed by atoms with Gasteiger partial charge in [0.2, 0.25) is 0 Å². The molecule has 0 fully saturated rings. The van der Waals surface area contributed by atoms with E-state index in [0.717, 1.165) is 11.8 Å². The first-order chi connectivity index (χ1) is 5.84. The number of carbonyl (C=O) groups excluding carboxylic acids is 1. The Morgan fingerprint density at radius 2 is 2.00 bits per heavy atom. The van der Waals surface area contributed by atoms with Crippen LogP contribution in [-0.2, 0) is 37.5 Å². The summed E-state index contributed by atoms with van der Waals surface area (Å²) in [5.74, 6) is -0.00236. The summed E-state index contributed by atoms with van der Waals surface area (Å²) in [6.45, 7) is 5.87. The van der Waals surface area contributed by atoms with Crippen LogP contribution in [0.25, 0.3) is 0 Å². The van der Waals surface area contributed by atoms with Gasteiger partial charge in [-0.2, -0.15) is 30.3 Å². The normalized spacial score (nSPS) is 9.36. The Balaban J connectivity index is -0.000000284. The molecule has 0 aliphatic rings. The molecule has 1 atom stereocenters. The number of carbonyl (C=O) groups is 1. The zero-order chi connectivity index (χ0) is 9.40. The average molecular weight is 267 g/mol. The summed E-state index contributed by atoms with van der Waals surface area (Å²) in [5.41, 5.74) is 1.03. The molecule has 1 aromatic carbocycles. The van der Waals surface area contributed by atoms with E-state index >= 15 is 0 Å². The molecule has 0 aromatic heterocycles. The molecule has 0 amide bonds. The quantitative estimate of drug-likeness (QED) is 0.593. The minimum atomic E-state index is -0.00236. The van der Waals surface area contributed by atoms with Crippen LogP contribution in [0.5, 0.6) is 0 Å². The third-order valence-corrected chi connectivity index (χ3v) is 1.46. The molecule has 14 heavy (non-hydrogen) atoms. The molecule has 2 heteroatoms. The van der Waals surface area contributed by atoms with Gasteiger partial charge in [0.25, 0.3) is 0 Å². The fraction of sp³-hybridized carbons (Fsp3) is 0.333. The maximum absolute atomic E-state index is 10.3. The average Bonchev–Trinajstić information content (AvgIpc) is 2.21. The first-order valence-corrected chi connectivity index (χ1v) is 4.26. The topological polar surface area (TPSA) is 17.1 Å². The number of hydrogen-bond donors (Lipinski definition) is 0. The summed E-state index contributed by atoms with van der Waals surface area (Å²) >= 11 is 0. The molecule has 1 unspecified atom stereocenters. The molecule has 0 saturated carbocycles. The first kappa shape index (κ1) is 19.5. The smallest absolute Gasteiger partial charge is 0.115 e. The van der Waals surface area contributed by atoms with E-state index in [1.807, 2.05) is 45.0 Å². The van der Waals surface area contributed by atoms with Crippen molar-refractivity contribution >= 4 is 6.29 Å². The van der Waals surface area contributed by atoms with Crippen LogP contribution in [0, 0.1) is 13.5 Å². The summed E-state index contributed by atoms with van der Waals surface area (Å²) in [7, 11) is 0. The Morgan fingerprint density at radius 3 is 2.36 bits per heavy atom. The molecule has 0 spiro atoms. The number of hydrogen-bond acceptors (Lipinski definition) is 1. The minimum absolute atomic E-state index is 0. The zero-order valence-corrected chi connectivity index (χ0v) is 12.3. The maximum atomic E-state index is 10.3. The van der Waals surface area contributed by atoms with Gasteiger partial charge in [0.05, 0.1) is 0 Å². The monoisotopic (exact) mass is 267 g/mol. The SMILES string of the molecule is CC.CC(C=O)c1c[c-]ccc1.[CH3-].[Y]. The Kier molecular flexibility index (Phi) is 18.1. The summed E-state index contributed by atoms with van der Waals surface area (Å²) < 4.78 is 0. The van der Waals surface area contributed by atoms with E-state index in [-0.39, 0.29) is 46.1 Å². The second-order valence-corrected chi connectivity index (χ2v) is 2.26. The van der Waals surface area contributed by atoms with Crippen LogP contribution < -0.4 is 0 Å². The molecule has 1 aromatic rings. The van der Waals surface area contributed by atoms with E-state index in [4.69, 9.17) is 0 Å². The van der Waals surface area contributed by atoms with Gasteiger partial charge in [-0.1, -0.05) is 20.8 Å². The number of aldehydes is 1. The molecule has 0 aliphatic carbocycles. The van der Waals surface area contributed by atoms with Gasteiger partial charge in [-0.05, 0) is 5.92 Å². The molecule has 0 N–H and O–H groups in total. The zero-order valence-electron chi connectivity index (χ0n) is 9.45. The van der Waals surface area contributed by atoms with Crippen LogP contribution in [0.2, 0.25) is 0 Å². The largest absolute Gasteiger partial charge is 0.358 e. The predicted octanol–water partition coefficient (Wildman–Crippen LogP) is 3.26. The van der Waals surface area contributed by atoms with Crippen LogP contribution in [0.4, 0.5) is 0 Å². The molecule has 77 valence electrons. The van der Waals surface area contributed by atoms with E-state index in [1.165, 1.54) is 0 Å². The fourth-order valence-corrected chi connectivity index (χ4v) is 0.769. The van der Waals surface area contributed by atoms with Crippen molar-refractivity contribution in [2.24, 2.45) is 0 Å². The van der Waals surface area contributed by atoms with E-state index in [0.29, 0.717) is 0 Å². The molecule has 0 saturated heterocycles. The Bertz CT molecular complexity index is 209. The van der Waals surface area contributed by atoms with E-state index in [1.54, 1.807) is 0 Å². The third kappa shape index (κ3) is 7.40. The first-order valence-electron chi connectivity index (χ1n) is 4.26. The van der Waals surface area contributed by atoms with Crippen LogP contribution in [-0.4, -0.2) is 6.29 Å². The van der Waals surface area contributed by atoms with Gasteiger partial charge in [0.15, 0.2) is 0 Å². The molecule has 1 rings (SSSR count). The van der Waals surface area contributed by atoms with Gasteiger partial charge in [-0.15, -0.1) is 5.56 Å². The predicted molar refractivity (Wildman–Crippen MR) is 57.5 cm³/mol. The summed E-state index contributed by atoms with van der Waals surface area (Å²) in [5, 5.41) is 0. The molecule has 1 radical (unpaired) electrons. The van der Waals surface area contributed by atoms with Gasteiger partial charge in [-0.3, -0.25) is 0 Å². The molecule has 0 bridgehead atoms. The van der Waals surface area contributed by atoms with E-state index in [2.05, 4.69) is 6.07 Å². The second kappa shape index (κ2) is 13.0. The molecular formula is C12H18OY-2. The minimum Gasteiger partial charge on any atom is -0.358 e. The number of benzene rings is 1. The van der Waals surface area contributed by atoms with Crippen LogP contribution in [0.1, 0.15) is 32.3 Å².